The molecule has 0 aliphatic carbocycles. The van der Waals surface area contributed by atoms with E-state index in [-0.39, 0.29) is 18.0 Å². The van der Waals surface area contributed by atoms with Gasteiger partial charge in [0.1, 0.15) is 19.0 Å². The van der Waals surface area contributed by atoms with Crippen LogP contribution in [0.25, 0.3) is 0 Å². The second-order valence-corrected chi connectivity index (χ2v) is 4.31. The molecule has 1 rings (SSSR count). The number of aromatic nitrogens is 2. The molecule has 0 amide bonds. The molecular formula is C9H10F3IN2O2. The lowest BCUT2D eigenvalue weighted by atomic mass is 10.3. The van der Waals surface area contributed by atoms with Gasteiger partial charge in [0.05, 0.1) is 9.26 Å². The smallest absolute Gasteiger partial charge is 0.364 e. The highest BCUT2D eigenvalue weighted by Crippen LogP contribution is 2.15. The third-order valence-corrected chi connectivity index (χ3v) is 2.93. The molecule has 1 N–H and O–H groups in total. The van der Waals surface area contributed by atoms with Gasteiger partial charge in [-0.1, -0.05) is 6.92 Å². The average molecular weight is 362 g/mol. The number of aryl methyl sites for hydroxylation is 1. The van der Waals surface area contributed by atoms with Gasteiger partial charge in [0.15, 0.2) is 0 Å². The number of H-pyrrole nitrogens is 1. The van der Waals surface area contributed by atoms with Crippen LogP contribution in [0, 0.1) is 3.57 Å². The Labute approximate surface area is 109 Å². The van der Waals surface area contributed by atoms with Crippen LogP contribution in [0.5, 0.6) is 0 Å². The van der Waals surface area contributed by atoms with Crippen LogP contribution in [0.4, 0.5) is 13.2 Å². The monoisotopic (exact) mass is 362 g/mol. The lowest BCUT2D eigenvalue weighted by molar-refractivity contribution is -0.177. The lowest BCUT2D eigenvalue weighted by Crippen LogP contribution is -2.21. The standard InChI is InChI=1S/C9H10F3IN2O2/c1-2-5-7(13)8(16)15-6(14-5)3-17-4-9(10,11)12/h2-4H2,1H3,(H,14,15,16). The van der Waals surface area contributed by atoms with Gasteiger partial charge in [-0.2, -0.15) is 13.2 Å². The molecule has 8 heteroatoms. The van der Waals surface area contributed by atoms with Crippen molar-refractivity contribution < 1.29 is 17.9 Å². The highest BCUT2D eigenvalue weighted by atomic mass is 127. The van der Waals surface area contributed by atoms with Crippen LogP contribution in [0.3, 0.4) is 0 Å². The van der Waals surface area contributed by atoms with Crippen LogP contribution in [0.1, 0.15) is 18.4 Å². The summed E-state index contributed by atoms with van der Waals surface area (Å²) >= 11 is 1.85. The number of alkyl halides is 3. The first kappa shape index (κ1) is 14.4. The summed E-state index contributed by atoms with van der Waals surface area (Å²) in [6, 6.07) is 0. The molecule has 0 aliphatic heterocycles. The normalized spacial score (nSPS) is 11.8. The minimum absolute atomic E-state index is 0.108. The third-order valence-electron chi connectivity index (χ3n) is 1.82. The third kappa shape index (κ3) is 4.62. The summed E-state index contributed by atoms with van der Waals surface area (Å²) < 4.78 is 40.4. The summed E-state index contributed by atoms with van der Waals surface area (Å²) in [6.45, 7) is 0.0904. The van der Waals surface area contributed by atoms with Crippen LogP contribution in [0.2, 0.25) is 0 Å². The first-order valence-corrected chi connectivity index (χ1v) is 5.83. The van der Waals surface area contributed by atoms with E-state index in [0.29, 0.717) is 15.7 Å². The van der Waals surface area contributed by atoms with E-state index in [1.54, 1.807) is 0 Å². The maximum atomic E-state index is 11.8. The van der Waals surface area contributed by atoms with E-state index in [0.717, 1.165) is 0 Å². The molecule has 0 saturated heterocycles. The zero-order chi connectivity index (χ0) is 13.1. The number of nitrogens with one attached hydrogen (secondary N) is 1. The van der Waals surface area contributed by atoms with Crippen molar-refractivity contribution in [1.82, 2.24) is 9.97 Å². The lowest BCUT2D eigenvalue weighted by Gasteiger charge is -2.08. The van der Waals surface area contributed by atoms with E-state index >= 15 is 0 Å². The van der Waals surface area contributed by atoms with Crippen molar-refractivity contribution in [3.05, 3.63) is 25.4 Å². The van der Waals surface area contributed by atoms with Crippen LogP contribution < -0.4 is 5.56 Å². The van der Waals surface area contributed by atoms with Crippen molar-refractivity contribution in [3.8, 4) is 0 Å². The van der Waals surface area contributed by atoms with Crippen LogP contribution in [0.15, 0.2) is 4.79 Å². The van der Waals surface area contributed by atoms with E-state index in [4.69, 9.17) is 0 Å². The summed E-state index contributed by atoms with van der Waals surface area (Å²) in [5.74, 6) is 0.108. The van der Waals surface area contributed by atoms with Gasteiger partial charge >= 0.3 is 6.18 Å². The Morgan fingerprint density at radius 3 is 2.65 bits per heavy atom. The highest BCUT2D eigenvalue weighted by molar-refractivity contribution is 14.1. The summed E-state index contributed by atoms with van der Waals surface area (Å²) in [5, 5.41) is 0. The fourth-order valence-corrected chi connectivity index (χ4v) is 1.76. The van der Waals surface area contributed by atoms with Gasteiger partial charge in [0, 0.05) is 0 Å². The maximum Gasteiger partial charge on any atom is 0.411 e. The fraction of sp³-hybridized carbons (Fsp3) is 0.556. The fourth-order valence-electron chi connectivity index (χ4n) is 1.12. The Kier molecular flexibility index (Phi) is 4.92. The minimum atomic E-state index is -4.38. The van der Waals surface area contributed by atoms with E-state index in [1.165, 1.54) is 0 Å². The molecule has 0 saturated carbocycles. The zero-order valence-corrected chi connectivity index (χ0v) is 11.1. The Balaban J connectivity index is 2.73. The van der Waals surface area contributed by atoms with Gasteiger partial charge in [-0.3, -0.25) is 4.79 Å². The summed E-state index contributed by atoms with van der Waals surface area (Å²) in [7, 11) is 0. The molecule has 0 aliphatic rings. The minimum Gasteiger partial charge on any atom is -0.364 e. The zero-order valence-electron chi connectivity index (χ0n) is 8.90. The van der Waals surface area contributed by atoms with Crippen molar-refractivity contribution in [1.29, 1.82) is 0 Å². The quantitative estimate of drug-likeness (QED) is 0.834. The molecular weight excluding hydrogens is 352 g/mol. The van der Waals surface area contributed by atoms with E-state index in [2.05, 4.69) is 14.7 Å². The molecule has 0 unspecified atom stereocenters. The molecule has 0 fully saturated rings. The number of rotatable bonds is 4. The Bertz CT molecular complexity index is 445. The second kappa shape index (κ2) is 5.80. The van der Waals surface area contributed by atoms with E-state index < -0.39 is 12.8 Å². The van der Waals surface area contributed by atoms with Gasteiger partial charge in [-0.25, -0.2) is 4.98 Å². The molecule has 1 heterocycles. The number of halogens is 4. The summed E-state index contributed by atoms with van der Waals surface area (Å²) in [6.07, 6.45) is -3.84. The number of aromatic amines is 1. The number of hydrogen-bond acceptors (Lipinski definition) is 3. The van der Waals surface area contributed by atoms with Gasteiger partial charge in [-0.05, 0) is 29.0 Å². The summed E-state index contributed by atoms with van der Waals surface area (Å²) in [4.78, 5) is 17.8. The predicted molar refractivity (Wildman–Crippen MR) is 62.7 cm³/mol. The Hall–Kier alpha value is -0.640. The van der Waals surface area contributed by atoms with Gasteiger partial charge in [-0.15, -0.1) is 0 Å². The van der Waals surface area contributed by atoms with Crippen molar-refractivity contribution in [2.75, 3.05) is 6.61 Å². The summed E-state index contributed by atoms with van der Waals surface area (Å²) in [5.41, 5.74) is 0.197. The van der Waals surface area contributed by atoms with Gasteiger partial charge in [0.25, 0.3) is 5.56 Å². The molecule has 0 bridgehead atoms. The first-order valence-electron chi connectivity index (χ1n) is 4.75. The number of nitrogens with zero attached hydrogens (tertiary/aromatic N) is 1. The largest absolute Gasteiger partial charge is 0.411 e. The molecule has 0 atom stereocenters. The predicted octanol–water partition coefficient (Wildman–Crippen LogP) is 2.02. The average Bonchev–Trinajstić information content (AvgIpc) is 2.21. The van der Waals surface area contributed by atoms with Crippen molar-refractivity contribution in [2.24, 2.45) is 0 Å². The molecule has 0 aromatic carbocycles. The molecule has 96 valence electrons. The van der Waals surface area contributed by atoms with Crippen molar-refractivity contribution >= 4 is 22.6 Å². The van der Waals surface area contributed by atoms with Crippen LogP contribution in [-0.2, 0) is 17.8 Å². The van der Waals surface area contributed by atoms with Crippen molar-refractivity contribution in [3.63, 3.8) is 0 Å². The van der Waals surface area contributed by atoms with Gasteiger partial charge < -0.3 is 9.72 Å². The molecule has 1 aromatic rings. The topological polar surface area (TPSA) is 55.0 Å². The van der Waals surface area contributed by atoms with Gasteiger partial charge in [0.2, 0.25) is 0 Å². The molecule has 0 radical (unpaired) electrons. The maximum absolute atomic E-state index is 11.8. The van der Waals surface area contributed by atoms with E-state index in [1.807, 2.05) is 29.5 Å². The Morgan fingerprint density at radius 2 is 2.12 bits per heavy atom. The SMILES string of the molecule is CCc1nc(COCC(F)(F)F)[nH]c(=O)c1I. The first-order chi connectivity index (χ1) is 7.83. The Morgan fingerprint density at radius 1 is 1.47 bits per heavy atom. The number of hydrogen-bond donors (Lipinski definition) is 1. The highest BCUT2D eigenvalue weighted by Gasteiger charge is 2.27. The molecule has 1 aromatic heterocycles. The molecule has 17 heavy (non-hydrogen) atoms. The number of ether oxygens (including phenoxy) is 1. The van der Waals surface area contributed by atoms with E-state index in [9.17, 15) is 18.0 Å². The molecule has 0 spiro atoms. The molecule has 4 nitrogen and oxygen atoms in total. The van der Waals surface area contributed by atoms with Crippen LogP contribution >= 0.6 is 22.6 Å². The second-order valence-electron chi connectivity index (χ2n) is 3.23. The van der Waals surface area contributed by atoms with Crippen LogP contribution in [-0.4, -0.2) is 22.8 Å². The van der Waals surface area contributed by atoms with Crippen molar-refractivity contribution in [2.45, 2.75) is 26.1 Å².